The number of rotatable bonds is 1. The highest BCUT2D eigenvalue weighted by molar-refractivity contribution is 6.07. The molecule has 1 atom stereocenters. The molecule has 3 nitrogen and oxygen atoms in total. The van der Waals surface area contributed by atoms with Crippen LogP contribution in [0.1, 0.15) is 39.6 Å². The van der Waals surface area contributed by atoms with Gasteiger partial charge in [-0.15, -0.1) is 0 Å². The summed E-state index contributed by atoms with van der Waals surface area (Å²) >= 11 is 0. The van der Waals surface area contributed by atoms with Gasteiger partial charge in [-0.1, -0.05) is 35.9 Å². The van der Waals surface area contributed by atoms with Gasteiger partial charge >= 0.3 is 0 Å². The van der Waals surface area contributed by atoms with Crippen molar-refractivity contribution < 1.29 is 9.90 Å². The van der Waals surface area contributed by atoms with E-state index in [0.717, 1.165) is 27.9 Å². The summed E-state index contributed by atoms with van der Waals surface area (Å²) in [7, 11) is 0. The van der Waals surface area contributed by atoms with Crippen LogP contribution in [0.25, 0.3) is 0 Å². The summed E-state index contributed by atoms with van der Waals surface area (Å²) in [6, 6.07) is 13.5. The predicted octanol–water partition coefficient (Wildman–Crippen LogP) is 3.39. The molecule has 108 valence electrons. The molecular weight excluding hydrogens is 262 g/mol. The summed E-state index contributed by atoms with van der Waals surface area (Å²) in [4.78, 5) is 14.6. The minimum absolute atomic E-state index is 0.00473. The Bertz CT molecular complexity index is 693. The summed E-state index contributed by atoms with van der Waals surface area (Å²) in [5.74, 6) is 0.00473. The van der Waals surface area contributed by atoms with Gasteiger partial charge in [-0.25, -0.2) is 0 Å². The maximum absolute atomic E-state index is 12.8. The van der Waals surface area contributed by atoms with E-state index >= 15 is 0 Å². The van der Waals surface area contributed by atoms with Gasteiger partial charge in [0.25, 0.3) is 5.91 Å². The van der Waals surface area contributed by atoms with Gasteiger partial charge in [0.1, 0.15) is 0 Å². The van der Waals surface area contributed by atoms with Crippen LogP contribution in [0.2, 0.25) is 0 Å². The van der Waals surface area contributed by atoms with Crippen molar-refractivity contribution in [2.24, 2.45) is 0 Å². The summed E-state index contributed by atoms with van der Waals surface area (Å²) in [6.45, 7) is 4.49. The second kappa shape index (κ2) is 5.34. The van der Waals surface area contributed by atoms with Crippen LogP contribution >= 0.6 is 0 Å². The third-order valence-electron chi connectivity index (χ3n) is 4.08. The van der Waals surface area contributed by atoms with Crippen LogP contribution in [-0.2, 0) is 0 Å². The first-order valence-corrected chi connectivity index (χ1v) is 7.24. The van der Waals surface area contributed by atoms with Crippen LogP contribution in [0.3, 0.4) is 0 Å². The van der Waals surface area contributed by atoms with Crippen LogP contribution in [0, 0.1) is 13.8 Å². The molecule has 2 aromatic rings. The number of amides is 1. The number of hydrogen-bond donors (Lipinski definition) is 1. The van der Waals surface area contributed by atoms with Crippen molar-refractivity contribution in [3.8, 4) is 0 Å². The van der Waals surface area contributed by atoms with Crippen molar-refractivity contribution in [1.29, 1.82) is 0 Å². The quantitative estimate of drug-likeness (QED) is 0.870. The zero-order chi connectivity index (χ0) is 15.0. The molecule has 0 radical (unpaired) electrons. The average molecular weight is 281 g/mol. The van der Waals surface area contributed by atoms with E-state index in [2.05, 4.69) is 0 Å². The van der Waals surface area contributed by atoms with Gasteiger partial charge in [0.2, 0.25) is 0 Å². The molecule has 0 aromatic heterocycles. The molecule has 0 aliphatic carbocycles. The van der Waals surface area contributed by atoms with Crippen molar-refractivity contribution in [2.75, 3.05) is 11.4 Å². The number of aliphatic hydroxyl groups excluding tert-OH is 1. The zero-order valence-corrected chi connectivity index (χ0v) is 12.3. The molecular formula is C18H19NO2. The largest absolute Gasteiger partial charge is 0.388 e. The first-order chi connectivity index (χ1) is 10.1. The first kappa shape index (κ1) is 13.8. The van der Waals surface area contributed by atoms with Crippen molar-refractivity contribution >= 4 is 11.6 Å². The molecule has 21 heavy (non-hydrogen) atoms. The van der Waals surface area contributed by atoms with Crippen molar-refractivity contribution in [1.82, 2.24) is 0 Å². The Morgan fingerprint density at radius 2 is 1.95 bits per heavy atom. The fourth-order valence-electron chi connectivity index (χ4n) is 2.88. The molecule has 0 saturated carbocycles. The second-order valence-corrected chi connectivity index (χ2v) is 5.64. The minimum atomic E-state index is -0.485. The minimum Gasteiger partial charge on any atom is -0.388 e. The molecule has 0 fully saturated rings. The number of hydrogen-bond acceptors (Lipinski definition) is 2. The number of fused-ring (bicyclic) bond motifs is 1. The molecule has 1 heterocycles. The fourth-order valence-corrected chi connectivity index (χ4v) is 2.88. The van der Waals surface area contributed by atoms with Crippen molar-refractivity contribution in [3.63, 3.8) is 0 Å². The normalized spacial score (nSPS) is 17.5. The smallest absolute Gasteiger partial charge is 0.258 e. The van der Waals surface area contributed by atoms with E-state index in [9.17, 15) is 9.90 Å². The number of nitrogens with zero attached hydrogens (tertiary/aromatic N) is 1. The van der Waals surface area contributed by atoms with Gasteiger partial charge in [-0.05, 0) is 38.0 Å². The number of carbonyl (C=O) groups is 1. The van der Waals surface area contributed by atoms with Crippen LogP contribution in [0.5, 0.6) is 0 Å². The summed E-state index contributed by atoms with van der Waals surface area (Å²) in [6.07, 6.45) is 0.0921. The first-order valence-electron chi connectivity index (χ1n) is 7.24. The Morgan fingerprint density at radius 1 is 1.19 bits per heavy atom. The SMILES string of the molecule is Cc1ccc2c(c1)C(O)CCN2C(=O)c1ccccc1C. The Hall–Kier alpha value is -2.13. The lowest BCUT2D eigenvalue weighted by molar-refractivity contribution is 0.0970. The number of aryl methyl sites for hydroxylation is 2. The predicted molar refractivity (Wildman–Crippen MR) is 83.6 cm³/mol. The number of aliphatic hydroxyl groups is 1. The van der Waals surface area contributed by atoms with E-state index in [1.807, 2.05) is 56.3 Å². The second-order valence-electron chi connectivity index (χ2n) is 5.64. The third kappa shape index (κ3) is 2.45. The maximum Gasteiger partial charge on any atom is 0.258 e. The molecule has 1 unspecified atom stereocenters. The molecule has 0 saturated heterocycles. The monoisotopic (exact) mass is 281 g/mol. The number of benzene rings is 2. The molecule has 1 amide bonds. The molecule has 0 bridgehead atoms. The van der Waals surface area contributed by atoms with Crippen molar-refractivity contribution in [3.05, 3.63) is 64.7 Å². The molecule has 3 rings (SSSR count). The van der Waals surface area contributed by atoms with Crippen LogP contribution in [-0.4, -0.2) is 17.6 Å². The Morgan fingerprint density at radius 3 is 2.71 bits per heavy atom. The summed E-state index contributed by atoms with van der Waals surface area (Å²) in [5, 5.41) is 10.2. The van der Waals surface area contributed by atoms with Gasteiger partial charge in [-0.2, -0.15) is 0 Å². The molecule has 0 spiro atoms. The average Bonchev–Trinajstić information content (AvgIpc) is 2.48. The standard InChI is InChI=1S/C18H19NO2/c1-12-7-8-16-15(11-12)17(20)9-10-19(16)18(21)14-6-4-3-5-13(14)2/h3-8,11,17,20H,9-10H2,1-2H3. The maximum atomic E-state index is 12.8. The van der Waals surface area contributed by atoms with Gasteiger partial charge in [0.15, 0.2) is 0 Å². The van der Waals surface area contributed by atoms with E-state index in [-0.39, 0.29) is 5.91 Å². The highest BCUT2D eigenvalue weighted by Gasteiger charge is 2.28. The lowest BCUT2D eigenvalue weighted by atomic mass is 9.96. The van der Waals surface area contributed by atoms with E-state index in [0.29, 0.717) is 13.0 Å². The number of carbonyl (C=O) groups excluding carboxylic acids is 1. The zero-order valence-electron chi connectivity index (χ0n) is 12.3. The van der Waals surface area contributed by atoms with E-state index < -0.39 is 6.10 Å². The Labute approximate surface area is 124 Å². The summed E-state index contributed by atoms with van der Waals surface area (Å²) in [5.41, 5.74) is 4.47. The highest BCUT2D eigenvalue weighted by atomic mass is 16.3. The molecule has 2 aromatic carbocycles. The lowest BCUT2D eigenvalue weighted by Gasteiger charge is -2.33. The third-order valence-corrected chi connectivity index (χ3v) is 4.08. The Kier molecular flexibility index (Phi) is 3.52. The fraction of sp³-hybridized carbons (Fsp3) is 0.278. The number of anilines is 1. The van der Waals surface area contributed by atoms with Gasteiger partial charge < -0.3 is 10.0 Å². The highest BCUT2D eigenvalue weighted by Crippen LogP contribution is 2.35. The summed E-state index contributed by atoms with van der Waals surface area (Å²) < 4.78 is 0. The van der Waals surface area contributed by atoms with Crippen LogP contribution in [0.15, 0.2) is 42.5 Å². The Balaban J connectivity index is 2.03. The molecule has 1 N–H and O–H groups in total. The molecule has 1 aliphatic rings. The van der Waals surface area contributed by atoms with E-state index in [1.165, 1.54) is 0 Å². The van der Waals surface area contributed by atoms with E-state index in [4.69, 9.17) is 0 Å². The van der Waals surface area contributed by atoms with Gasteiger partial charge in [-0.3, -0.25) is 4.79 Å². The van der Waals surface area contributed by atoms with Gasteiger partial charge in [0.05, 0.1) is 6.10 Å². The lowest BCUT2D eigenvalue weighted by Crippen LogP contribution is -2.37. The molecule has 3 heteroatoms. The van der Waals surface area contributed by atoms with Gasteiger partial charge in [0, 0.05) is 23.4 Å². The topological polar surface area (TPSA) is 40.5 Å². The van der Waals surface area contributed by atoms with E-state index in [1.54, 1.807) is 4.90 Å². The van der Waals surface area contributed by atoms with Crippen molar-refractivity contribution in [2.45, 2.75) is 26.4 Å². The van der Waals surface area contributed by atoms with Crippen LogP contribution < -0.4 is 4.90 Å². The molecule has 1 aliphatic heterocycles. The van der Waals surface area contributed by atoms with Crippen LogP contribution in [0.4, 0.5) is 5.69 Å².